The van der Waals surface area contributed by atoms with Gasteiger partial charge in [-0.25, -0.2) is 0 Å². The van der Waals surface area contributed by atoms with Gasteiger partial charge in [-0.1, -0.05) is 6.92 Å². The van der Waals surface area contributed by atoms with E-state index in [0.717, 1.165) is 37.8 Å². The molecule has 116 valence electrons. The third kappa shape index (κ3) is 3.89. The highest BCUT2D eigenvalue weighted by atomic mass is 19.4. The molecule has 0 spiro atoms. The predicted molar refractivity (Wildman–Crippen MR) is 74.7 cm³/mol. The number of hydrogen-bond acceptors (Lipinski definition) is 2. The van der Waals surface area contributed by atoms with Crippen LogP contribution in [-0.2, 0) is 6.18 Å². The fourth-order valence-electron chi connectivity index (χ4n) is 2.62. The van der Waals surface area contributed by atoms with Crippen LogP contribution < -0.4 is 11.1 Å². The molecule has 21 heavy (non-hydrogen) atoms. The van der Waals surface area contributed by atoms with E-state index in [4.69, 9.17) is 5.73 Å². The van der Waals surface area contributed by atoms with Crippen LogP contribution in [0.25, 0.3) is 0 Å². The molecular weight excluding hydrogens is 281 g/mol. The van der Waals surface area contributed by atoms with Gasteiger partial charge in [0.15, 0.2) is 0 Å². The Morgan fingerprint density at radius 3 is 2.43 bits per heavy atom. The molecular formula is C15H19F3N2O. The lowest BCUT2D eigenvalue weighted by molar-refractivity contribution is -0.136. The molecule has 0 atom stereocenters. The lowest BCUT2D eigenvalue weighted by Gasteiger charge is -2.27. The number of alkyl halides is 3. The van der Waals surface area contributed by atoms with Gasteiger partial charge in [-0.15, -0.1) is 0 Å². The van der Waals surface area contributed by atoms with Gasteiger partial charge in [0, 0.05) is 17.3 Å². The predicted octanol–water partition coefficient (Wildman–Crippen LogP) is 3.60. The second-order valence-corrected chi connectivity index (χ2v) is 5.73. The number of nitrogens with two attached hydrogens (primary N) is 1. The maximum atomic E-state index is 12.8. The average molecular weight is 300 g/mol. The van der Waals surface area contributed by atoms with E-state index in [1.807, 2.05) is 0 Å². The highest BCUT2D eigenvalue weighted by Crippen LogP contribution is 2.34. The number of rotatable bonds is 2. The zero-order valence-corrected chi connectivity index (χ0v) is 11.8. The van der Waals surface area contributed by atoms with Crippen molar-refractivity contribution in [3.63, 3.8) is 0 Å². The first-order chi connectivity index (χ1) is 9.77. The Morgan fingerprint density at radius 2 is 1.86 bits per heavy atom. The van der Waals surface area contributed by atoms with E-state index in [1.54, 1.807) is 0 Å². The lowest BCUT2D eigenvalue weighted by Crippen LogP contribution is -2.37. The van der Waals surface area contributed by atoms with Crippen LogP contribution >= 0.6 is 0 Å². The maximum Gasteiger partial charge on any atom is 0.418 e. The Labute approximate surface area is 121 Å². The van der Waals surface area contributed by atoms with E-state index >= 15 is 0 Å². The van der Waals surface area contributed by atoms with Gasteiger partial charge in [0.25, 0.3) is 5.91 Å². The minimum atomic E-state index is -4.55. The molecule has 0 saturated heterocycles. The van der Waals surface area contributed by atoms with Crippen LogP contribution in [0.4, 0.5) is 18.9 Å². The summed E-state index contributed by atoms with van der Waals surface area (Å²) in [7, 11) is 0. The van der Waals surface area contributed by atoms with Gasteiger partial charge in [-0.05, 0) is 49.8 Å². The van der Waals surface area contributed by atoms with Crippen LogP contribution in [-0.4, -0.2) is 11.9 Å². The summed E-state index contributed by atoms with van der Waals surface area (Å²) in [5, 5.41) is 2.81. The van der Waals surface area contributed by atoms with Gasteiger partial charge < -0.3 is 11.1 Å². The van der Waals surface area contributed by atoms with Gasteiger partial charge in [0.1, 0.15) is 0 Å². The number of nitrogens with one attached hydrogen (secondary N) is 1. The molecule has 0 aromatic heterocycles. The summed E-state index contributed by atoms with van der Waals surface area (Å²) in [5.41, 5.74) is 3.98. The van der Waals surface area contributed by atoms with Crippen molar-refractivity contribution in [2.24, 2.45) is 5.92 Å². The summed E-state index contributed by atoms with van der Waals surface area (Å²) >= 11 is 0. The van der Waals surface area contributed by atoms with E-state index < -0.39 is 17.6 Å². The summed E-state index contributed by atoms with van der Waals surface area (Å²) < 4.78 is 38.3. The summed E-state index contributed by atoms with van der Waals surface area (Å²) in [6, 6.07) is 3.31. The van der Waals surface area contributed by atoms with Crippen LogP contribution in [0.2, 0.25) is 0 Å². The van der Waals surface area contributed by atoms with Gasteiger partial charge in [0.05, 0.1) is 5.56 Å². The van der Waals surface area contributed by atoms with E-state index in [2.05, 4.69) is 12.2 Å². The van der Waals surface area contributed by atoms with Crippen molar-refractivity contribution >= 4 is 11.6 Å². The summed E-state index contributed by atoms with van der Waals surface area (Å²) in [6.07, 6.45) is -0.760. The fourth-order valence-corrected chi connectivity index (χ4v) is 2.62. The lowest BCUT2D eigenvalue weighted by atomic mass is 9.87. The Morgan fingerprint density at radius 1 is 1.24 bits per heavy atom. The molecule has 1 saturated carbocycles. The molecule has 6 heteroatoms. The molecule has 0 heterocycles. The Hall–Kier alpha value is -1.72. The topological polar surface area (TPSA) is 55.1 Å². The molecule has 2 rings (SSSR count). The number of hydrogen-bond donors (Lipinski definition) is 2. The number of carbonyl (C=O) groups is 1. The van der Waals surface area contributed by atoms with Crippen molar-refractivity contribution < 1.29 is 18.0 Å². The third-order valence-corrected chi connectivity index (χ3v) is 3.97. The maximum absolute atomic E-state index is 12.8. The average Bonchev–Trinajstić information content (AvgIpc) is 2.40. The molecule has 1 aliphatic rings. The molecule has 1 aromatic carbocycles. The Balaban J connectivity index is 2.09. The number of halogens is 3. The quantitative estimate of drug-likeness (QED) is 0.820. The molecule has 1 fully saturated rings. The molecule has 0 aliphatic heterocycles. The SMILES string of the molecule is CC1CCC(NC(=O)c2ccc(N)c(C(F)(F)F)c2)CC1. The Kier molecular flexibility index (Phi) is 4.44. The van der Waals surface area contributed by atoms with Crippen LogP contribution in [0.15, 0.2) is 18.2 Å². The number of benzene rings is 1. The molecule has 1 aromatic rings. The van der Waals surface area contributed by atoms with Crippen molar-refractivity contribution in [3.8, 4) is 0 Å². The molecule has 0 bridgehead atoms. The van der Waals surface area contributed by atoms with E-state index in [1.165, 1.54) is 6.07 Å². The number of amides is 1. The van der Waals surface area contributed by atoms with Gasteiger partial charge >= 0.3 is 6.18 Å². The number of anilines is 1. The monoisotopic (exact) mass is 300 g/mol. The number of carbonyl (C=O) groups excluding carboxylic acids is 1. The second-order valence-electron chi connectivity index (χ2n) is 5.73. The number of nitrogen functional groups attached to an aromatic ring is 1. The van der Waals surface area contributed by atoms with Gasteiger partial charge in [-0.2, -0.15) is 13.2 Å². The zero-order valence-electron chi connectivity index (χ0n) is 11.8. The van der Waals surface area contributed by atoms with Crippen molar-refractivity contribution in [1.82, 2.24) is 5.32 Å². The van der Waals surface area contributed by atoms with Crippen molar-refractivity contribution in [1.29, 1.82) is 0 Å². The highest BCUT2D eigenvalue weighted by molar-refractivity contribution is 5.95. The first-order valence-corrected chi connectivity index (χ1v) is 7.05. The Bertz CT molecular complexity index is 520. The summed E-state index contributed by atoms with van der Waals surface area (Å²) in [4.78, 5) is 12.1. The molecule has 3 nitrogen and oxygen atoms in total. The molecule has 1 amide bonds. The largest absolute Gasteiger partial charge is 0.418 e. The molecule has 0 unspecified atom stereocenters. The molecule has 0 radical (unpaired) electrons. The first kappa shape index (κ1) is 15.7. The third-order valence-electron chi connectivity index (χ3n) is 3.97. The minimum Gasteiger partial charge on any atom is -0.398 e. The molecule has 1 aliphatic carbocycles. The van der Waals surface area contributed by atoms with Crippen LogP contribution in [0.1, 0.15) is 48.5 Å². The second kappa shape index (κ2) is 5.95. The van der Waals surface area contributed by atoms with Crippen LogP contribution in [0.5, 0.6) is 0 Å². The molecule has 3 N–H and O–H groups in total. The zero-order chi connectivity index (χ0) is 15.6. The van der Waals surface area contributed by atoms with E-state index in [9.17, 15) is 18.0 Å². The first-order valence-electron chi connectivity index (χ1n) is 7.05. The normalized spacial score (nSPS) is 22.9. The van der Waals surface area contributed by atoms with E-state index in [-0.39, 0.29) is 17.3 Å². The fraction of sp³-hybridized carbons (Fsp3) is 0.533. The van der Waals surface area contributed by atoms with Crippen LogP contribution in [0.3, 0.4) is 0 Å². The summed E-state index contributed by atoms with van der Waals surface area (Å²) in [5.74, 6) is 0.173. The van der Waals surface area contributed by atoms with Gasteiger partial charge in [0.2, 0.25) is 0 Å². The minimum absolute atomic E-state index is 0.00449. The standard InChI is InChI=1S/C15H19F3N2O/c1-9-2-5-11(6-3-9)20-14(21)10-4-7-13(19)12(8-10)15(16,17)18/h4,7-9,11H,2-3,5-6,19H2,1H3,(H,20,21). The highest BCUT2D eigenvalue weighted by Gasteiger charge is 2.33. The summed E-state index contributed by atoms with van der Waals surface area (Å²) in [6.45, 7) is 2.16. The van der Waals surface area contributed by atoms with Crippen molar-refractivity contribution in [2.45, 2.75) is 44.8 Å². The van der Waals surface area contributed by atoms with Crippen LogP contribution in [0, 0.1) is 5.92 Å². The van der Waals surface area contributed by atoms with Gasteiger partial charge in [-0.3, -0.25) is 4.79 Å². The van der Waals surface area contributed by atoms with Crippen molar-refractivity contribution in [3.05, 3.63) is 29.3 Å². The van der Waals surface area contributed by atoms with Crippen molar-refractivity contribution in [2.75, 3.05) is 5.73 Å². The smallest absolute Gasteiger partial charge is 0.398 e. The van der Waals surface area contributed by atoms with E-state index in [0.29, 0.717) is 5.92 Å².